The number of hydrogen-bond donors (Lipinski definition) is 2. The monoisotopic (exact) mass is 303 g/mol. The molecule has 0 radical (unpaired) electrons. The first kappa shape index (κ1) is 14.3. The van der Waals surface area contributed by atoms with Crippen LogP contribution in [0, 0.1) is 6.92 Å². The molecule has 1 aliphatic rings. The lowest BCUT2D eigenvalue weighted by atomic mass is 10.1. The molecule has 3 rings (SSSR count). The van der Waals surface area contributed by atoms with Crippen molar-refractivity contribution in [2.45, 2.75) is 20.3 Å². The van der Waals surface area contributed by atoms with E-state index in [1.54, 1.807) is 19.9 Å². The quantitative estimate of drug-likeness (QED) is 0.850. The summed E-state index contributed by atoms with van der Waals surface area (Å²) in [6.07, 6.45) is 0.788. The van der Waals surface area contributed by atoms with Crippen LogP contribution in [-0.4, -0.2) is 34.0 Å². The van der Waals surface area contributed by atoms with Crippen LogP contribution in [0.15, 0.2) is 18.2 Å². The van der Waals surface area contributed by atoms with E-state index < -0.39 is 11.7 Å². The number of fused-ring (bicyclic) bond motifs is 1. The summed E-state index contributed by atoms with van der Waals surface area (Å²) in [5.74, 6) is -0.646. The minimum Gasteiger partial charge on any atom is -0.503 e. The Bertz CT molecular complexity index is 747. The van der Waals surface area contributed by atoms with Gasteiger partial charge in [-0.05, 0) is 37.6 Å². The SMILES string of the molecule is CCOC(=O)c1c(O)c(O)c(C)n1-c1ccc2c(c1)CCO2. The summed E-state index contributed by atoms with van der Waals surface area (Å²) in [4.78, 5) is 12.1. The Morgan fingerprint density at radius 3 is 2.86 bits per heavy atom. The molecule has 6 nitrogen and oxygen atoms in total. The maximum Gasteiger partial charge on any atom is 0.359 e. The first-order valence-corrected chi connectivity index (χ1v) is 7.11. The Morgan fingerprint density at radius 1 is 1.36 bits per heavy atom. The number of benzene rings is 1. The molecule has 2 aromatic rings. The molecule has 1 aliphatic heterocycles. The van der Waals surface area contributed by atoms with Crippen molar-refractivity contribution in [2.75, 3.05) is 13.2 Å². The maximum atomic E-state index is 12.1. The van der Waals surface area contributed by atoms with E-state index >= 15 is 0 Å². The largest absolute Gasteiger partial charge is 0.503 e. The van der Waals surface area contributed by atoms with E-state index in [1.165, 1.54) is 4.57 Å². The molecule has 6 heteroatoms. The summed E-state index contributed by atoms with van der Waals surface area (Å²) in [6.45, 7) is 4.12. The molecule has 0 atom stereocenters. The third-order valence-corrected chi connectivity index (χ3v) is 3.75. The normalized spacial score (nSPS) is 12.8. The van der Waals surface area contributed by atoms with Gasteiger partial charge < -0.3 is 24.3 Å². The Hall–Kier alpha value is -2.63. The molecule has 2 heterocycles. The number of hydrogen-bond acceptors (Lipinski definition) is 5. The van der Waals surface area contributed by atoms with Crippen LogP contribution in [0.3, 0.4) is 0 Å². The highest BCUT2D eigenvalue weighted by Gasteiger charge is 2.27. The molecule has 0 spiro atoms. The molecule has 0 fully saturated rings. The molecule has 22 heavy (non-hydrogen) atoms. The van der Waals surface area contributed by atoms with Crippen LogP contribution in [0.25, 0.3) is 5.69 Å². The molecule has 0 saturated carbocycles. The Kier molecular flexibility index (Phi) is 3.44. The van der Waals surface area contributed by atoms with E-state index in [0.717, 1.165) is 17.7 Å². The summed E-state index contributed by atoms with van der Waals surface area (Å²) in [6, 6.07) is 5.48. The van der Waals surface area contributed by atoms with Crippen LogP contribution >= 0.6 is 0 Å². The second kappa shape index (κ2) is 5.29. The van der Waals surface area contributed by atoms with E-state index in [1.807, 2.05) is 12.1 Å². The number of aromatic hydroxyl groups is 2. The average molecular weight is 303 g/mol. The van der Waals surface area contributed by atoms with Crippen molar-refractivity contribution in [1.29, 1.82) is 0 Å². The zero-order chi connectivity index (χ0) is 15.9. The van der Waals surface area contributed by atoms with Crippen molar-refractivity contribution >= 4 is 5.97 Å². The zero-order valence-electron chi connectivity index (χ0n) is 12.4. The van der Waals surface area contributed by atoms with Crippen molar-refractivity contribution in [2.24, 2.45) is 0 Å². The highest BCUT2D eigenvalue weighted by atomic mass is 16.5. The van der Waals surface area contributed by atoms with Crippen molar-refractivity contribution in [3.05, 3.63) is 35.2 Å². The molecular weight excluding hydrogens is 286 g/mol. The Balaban J connectivity index is 2.17. The summed E-state index contributed by atoms with van der Waals surface area (Å²) < 4.78 is 11.9. The van der Waals surface area contributed by atoms with Gasteiger partial charge in [0.05, 0.1) is 18.9 Å². The second-order valence-electron chi connectivity index (χ2n) is 5.08. The summed E-state index contributed by atoms with van der Waals surface area (Å²) in [5, 5.41) is 20.0. The number of esters is 1. The minimum absolute atomic E-state index is 0.0734. The third kappa shape index (κ3) is 2.07. The second-order valence-corrected chi connectivity index (χ2v) is 5.08. The standard InChI is InChI=1S/C16H17NO5/c1-3-21-16(20)13-15(19)14(18)9(2)17(13)11-4-5-12-10(8-11)6-7-22-12/h4-5,8,18-19H,3,6-7H2,1-2H3. The highest BCUT2D eigenvalue weighted by Crippen LogP contribution is 2.39. The first-order chi connectivity index (χ1) is 10.5. The van der Waals surface area contributed by atoms with Crippen LogP contribution in [0.4, 0.5) is 0 Å². The highest BCUT2D eigenvalue weighted by molar-refractivity contribution is 5.93. The van der Waals surface area contributed by atoms with E-state index in [4.69, 9.17) is 9.47 Å². The number of carbonyl (C=O) groups excluding carboxylic acids is 1. The molecule has 116 valence electrons. The molecule has 0 saturated heterocycles. The average Bonchev–Trinajstić information content (AvgIpc) is 3.05. The summed E-state index contributed by atoms with van der Waals surface area (Å²) >= 11 is 0. The number of aromatic nitrogens is 1. The topological polar surface area (TPSA) is 80.9 Å². The van der Waals surface area contributed by atoms with E-state index in [2.05, 4.69) is 0 Å². The molecule has 0 unspecified atom stereocenters. The van der Waals surface area contributed by atoms with Crippen molar-refractivity contribution in [3.8, 4) is 22.9 Å². The van der Waals surface area contributed by atoms with Crippen molar-refractivity contribution < 1.29 is 24.5 Å². The van der Waals surface area contributed by atoms with Gasteiger partial charge in [-0.1, -0.05) is 0 Å². The number of nitrogens with zero attached hydrogens (tertiary/aromatic N) is 1. The zero-order valence-corrected chi connectivity index (χ0v) is 12.4. The fourth-order valence-electron chi connectivity index (χ4n) is 2.69. The fraction of sp³-hybridized carbons (Fsp3) is 0.312. The lowest BCUT2D eigenvalue weighted by Gasteiger charge is -2.12. The molecule has 1 aromatic carbocycles. The van der Waals surface area contributed by atoms with Gasteiger partial charge in [-0.15, -0.1) is 0 Å². The molecule has 2 N–H and O–H groups in total. The lowest BCUT2D eigenvalue weighted by molar-refractivity contribution is 0.0513. The van der Waals surface area contributed by atoms with Gasteiger partial charge >= 0.3 is 5.97 Å². The first-order valence-electron chi connectivity index (χ1n) is 7.11. The Labute approximate surface area is 127 Å². The third-order valence-electron chi connectivity index (χ3n) is 3.75. The summed E-state index contributed by atoms with van der Waals surface area (Å²) in [5.41, 5.74) is 2.00. The van der Waals surface area contributed by atoms with E-state index in [9.17, 15) is 15.0 Å². The Morgan fingerprint density at radius 2 is 2.14 bits per heavy atom. The molecule has 0 amide bonds. The van der Waals surface area contributed by atoms with Gasteiger partial charge in [0.2, 0.25) is 0 Å². The molecule has 1 aromatic heterocycles. The van der Waals surface area contributed by atoms with Crippen LogP contribution in [0.2, 0.25) is 0 Å². The number of carbonyl (C=O) groups is 1. The molecule has 0 aliphatic carbocycles. The van der Waals surface area contributed by atoms with Gasteiger partial charge in [0.25, 0.3) is 0 Å². The number of ether oxygens (including phenoxy) is 2. The van der Waals surface area contributed by atoms with Crippen LogP contribution in [-0.2, 0) is 11.2 Å². The molecular formula is C16H17NO5. The van der Waals surface area contributed by atoms with Gasteiger partial charge in [-0.2, -0.15) is 0 Å². The smallest absolute Gasteiger partial charge is 0.359 e. The van der Waals surface area contributed by atoms with Crippen molar-refractivity contribution in [3.63, 3.8) is 0 Å². The number of rotatable bonds is 3. The fourth-order valence-corrected chi connectivity index (χ4v) is 2.69. The maximum absolute atomic E-state index is 12.1. The summed E-state index contributed by atoms with van der Waals surface area (Å²) in [7, 11) is 0. The predicted octanol–water partition coefficient (Wildman–Crippen LogP) is 2.31. The van der Waals surface area contributed by atoms with E-state index in [-0.39, 0.29) is 18.1 Å². The lowest BCUT2D eigenvalue weighted by Crippen LogP contribution is -2.12. The van der Waals surface area contributed by atoms with Crippen LogP contribution < -0.4 is 4.74 Å². The minimum atomic E-state index is -0.680. The van der Waals surface area contributed by atoms with Crippen LogP contribution in [0.5, 0.6) is 17.2 Å². The van der Waals surface area contributed by atoms with Gasteiger partial charge in [0, 0.05) is 12.1 Å². The molecule has 0 bridgehead atoms. The predicted molar refractivity (Wildman–Crippen MR) is 79.0 cm³/mol. The van der Waals surface area contributed by atoms with Gasteiger partial charge in [0.15, 0.2) is 17.2 Å². The van der Waals surface area contributed by atoms with Gasteiger partial charge in [-0.3, -0.25) is 0 Å². The van der Waals surface area contributed by atoms with E-state index in [0.29, 0.717) is 18.0 Å². The van der Waals surface area contributed by atoms with Gasteiger partial charge in [0.1, 0.15) is 5.75 Å². The van der Waals surface area contributed by atoms with Gasteiger partial charge in [-0.25, -0.2) is 4.79 Å². The van der Waals surface area contributed by atoms with Crippen LogP contribution in [0.1, 0.15) is 28.7 Å². The van der Waals surface area contributed by atoms with Crippen molar-refractivity contribution in [1.82, 2.24) is 4.57 Å².